The summed E-state index contributed by atoms with van der Waals surface area (Å²) in [6.45, 7) is 0. The molecule has 1 atom stereocenters. The molecule has 0 aromatic carbocycles. The molecule has 1 aromatic rings. The van der Waals surface area contributed by atoms with E-state index in [4.69, 9.17) is 0 Å². The van der Waals surface area contributed by atoms with E-state index in [1.54, 1.807) is 48.8 Å². The predicted molar refractivity (Wildman–Crippen MR) is 79.5 cm³/mol. The van der Waals surface area contributed by atoms with Gasteiger partial charge in [-0.1, -0.05) is 18.2 Å². The van der Waals surface area contributed by atoms with Gasteiger partial charge in [0.1, 0.15) is 12.0 Å². The molecule has 0 spiro atoms. The molecule has 0 N–H and O–H groups in total. The Hall–Kier alpha value is -3.13. The Labute approximate surface area is 121 Å². The molecular formula is C16H10N4O. The van der Waals surface area contributed by atoms with Crippen LogP contribution in [-0.2, 0) is 4.79 Å². The maximum atomic E-state index is 12.0. The highest BCUT2D eigenvalue weighted by atomic mass is 16.1. The van der Waals surface area contributed by atoms with Crippen LogP contribution in [0.4, 0.5) is 0 Å². The van der Waals surface area contributed by atoms with Gasteiger partial charge in [-0.3, -0.25) is 9.78 Å². The van der Waals surface area contributed by atoms with E-state index in [1.807, 2.05) is 12.1 Å². The minimum atomic E-state index is -0.431. The fraction of sp³-hybridized carbons (Fsp3) is 0.0625. The smallest absolute Gasteiger partial charge is 0.260 e. The number of nitriles is 1. The van der Waals surface area contributed by atoms with Crippen LogP contribution in [-0.4, -0.2) is 22.4 Å². The van der Waals surface area contributed by atoms with E-state index >= 15 is 0 Å². The van der Waals surface area contributed by atoms with Crippen molar-refractivity contribution in [2.75, 3.05) is 0 Å². The number of carbonyl (C=O) groups excluding carboxylic acids is 1. The number of aliphatic imine (C=N–C) groups is 2. The third kappa shape index (κ3) is 2.60. The number of rotatable bonds is 2. The molecule has 5 heteroatoms. The van der Waals surface area contributed by atoms with Crippen molar-refractivity contribution in [3.05, 3.63) is 60.0 Å². The van der Waals surface area contributed by atoms with Crippen LogP contribution in [0, 0.1) is 17.2 Å². The summed E-state index contributed by atoms with van der Waals surface area (Å²) < 4.78 is 0. The molecule has 3 rings (SSSR count). The third-order valence-corrected chi connectivity index (χ3v) is 3.10. The first-order valence-electron chi connectivity index (χ1n) is 6.36. The highest BCUT2D eigenvalue weighted by Gasteiger charge is 2.27. The summed E-state index contributed by atoms with van der Waals surface area (Å²) in [4.78, 5) is 24.2. The lowest BCUT2D eigenvalue weighted by Gasteiger charge is -2.17. The predicted octanol–water partition coefficient (Wildman–Crippen LogP) is 2.11. The average molecular weight is 274 g/mol. The van der Waals surface area contributed by atoms with Gasteiger partial charge in [0, 0.05) is 12.4 Å². The van der Waals surface area contributed by atoms with Crippen molar-refractivity contribution >= 4 is 23.5 Å². The number of carbonyl (C=O) groups is 1. The minimum Gasteiger partial charge on any atom is -0.271 e. The van der Waals surface area contributed by atoms with E-state index in [2.05, 4.69) is 15.0 Å². The Bertz CT molecular complexity index is 776. The van der Waals surface area contributed by atoms with Gasteiger partial charge in [0.15, 0.2) is 5.84 Å². The molecule has 0 radical (unpaired) electrons. The van der Waals surface area contributed by atoms with E-state index in [9.17, 15) is 10.1 Å². The summed E-state index contributed by atoms with van der Waals surface area (Å²) in [5.74, 6) is -0.573. The molecule has 100 valence electrons. The topological polar surface area (TPSA) is 78.5 Å². The first-order chi connectivity index (χ1) is 10.3. The second kappa shape index (κ2) is 5.47. The van der Waals surface area contributed by atoms with Gasteiger partial charge in [-0.05, 0) is 29.8 Å². The number of hydrogen-bond acceptors (Lipinski definition) is 4. The molecule has 0 fully saturated rings. The normalized spacial score (nSPS) is 20.4. The number of fused-ring (bicyclic) bond motifs is 1. The average Bonchev–Trinajstić information content (AvgIpc) is 2.53. The summed E-state index contributed by atoms with van der Waals surface area (Å²) in [6.07, 6.45) is 12.0. The van der Waals surface area contributed by atoms with Crippen molar-refractivity contribution in [1.82, 2.24) is 4.98 Å². The number of hydrogen-bond donors (Lipinski definition) is 0. The Balaban J connectivity index is 2.00. The maximum absolute atomic E-state index is 12.0. The molecule has 0 bridgehead atoms. The van der Waals surface area contributed by atoms with E-state index in [0.29, 0.717) is 5.71 Å². The zero-order chi connectivity index (χ0) is 14.7. The van der Waals surface area contributed by atoms with E-state index in [-0.39, 0.29) is 17.3 Å². The van der Waals surface area contributed by atoms with Gasteiger partial charge in [-0.15, -0.1) is 0 Å². The second-order valence-corrected chi connectivity index (χ2v) is 4.48. The molecule has 0 saturated heterocycles. The molecule has 2 aliphatic rings. The maximum Gasteiger partial charge on any atom is 0.260 e. The molecule has 1 aliphatic carbocycles. The SMILES string of the molecule is N#C/C(=C\c1ccncc1)C1=NC(=O)C2C=CC=CC2=N1. The van der Waals surface area contributed by atoms with Crippen molar-refractivity contribution in [3.8, 4) is 6.07 Å². The van der Waals surface area contributed by atoms with Crippen LogP contribution in [0.25, 0.3) is 6.08 Å². The lowest BCUT2D eigenvalue weighted by Crippen LogP contribution is -2.27. The van der Waals surface area contributed by atoms with Crippen LogP contribution >= 0.6 is 0 Å². The fourth-order valence-corrected chi connectivity index (χ4v) is 2.06. The number of amides is 1. The Morgan fingerprint density at radius 3 is 2.81 bits per heavy atom. The van der Waals surface area contributed by atoms with Crippen LogP contribution in [0.1, 0.15) is 5.56 Å². The summed E-state index contributed by atoms with van der Waals surface area (Å²) in [5.41, 5.74) is 1.67. The first kappa shape index (κ1) is 12.9. The molecule has 1 aromatic heterocycles. The van der Waals surface area contributed by atoms with Crippen molar-refractivity contribution in [2.24, 2.45) is 15.9 Å². The third-order valence-electron chi connectivity index (χ3n) is 3.10. The van der Waals surface area contributed by atoms with Crippen LogP contribution in [0.15, 0.2) is 64.4 Å². The number of nitrogens with zero attached hydrogens (tertiary/aromatic N) is 4. The highest BCUT2D eigenvalue weighted by Crippen LogP contribution is 2.19. The molecule has 0 saturated carbocycles. The van der Waals surface area contributed by atoms with Crippen LogP contribution in [0.5, 0.6) is 0 Å². The van der Waals surface area contributed by atoms with Gasteiger partial charge in [0.05, 0.1) is 11.3 Å². The van der Waals surface area contributed by atoms with Crippen molar-refractivity contribution in [2.45, 2.75) is 0 Å². The number of allylic oxidation sites excluding steroid dienone is 3. The molecule has 1 amide bonds. The van der Waals surface area contributed by atoms with E-state index < -0.39 is 5.92 Å². The molecule has 1 aliphatic heterocycles. The highest BCUT2D eigenvalue weighted by molar-refractivity contribution is 6.26. The van der Waals surface area contributed by atoms with Crippen LogP contribution < -0.4 is 0 Å². The zero-order valence-electron chi connectivity index (χ0n) is 11.0. The lowest BCUT2D eigenvalue weighted by molar-refractivity contribution is -0.118. The summed E-state index contributed by atoms with van der Waals surface area (Å²) in [6, 6.07) is 5.58. The van der Waals surface area contributed by atoms with Crippen molar-refractivity contribution < 1.29 is 4.79 Å². The monoisotopic (exact) mass is 274 g/mol. The first-order valence-corrected chi connectivity index (χ1v) is 6.36. The standard InChI is InChI=1S/C16H10N4O/c17-10-12(9-11-5-7-18-8-6-11)15-19-14-4-2-1-3-13(14)16(21)20-15/h1-9,13H/b12-9+. The van der Waals surface area contributed by atoms with Crippen molar-refractivity contribution in [1.29, 1.82) is 5.26 Å². The van der Waals surface area contributed by atoms with Gasteiger partial charge in [-0.2, -0.15) is 10.3 Å². The molecular weight excluding hydrogens is 264 g/mol. The van der Waals surface area contributed by atoms with Gasteiger partial charge in [0.25, 0.3) is 5.91 Å². The van der Waals surface area contributed by atoms with Crippen LogP contribution in [0.3, 0.4) is 0 Å². The Kier molecular flexibility index (Phi) is 3.36. The quantitative estimate of drug-likeness (QED) is 0.775. The van der Waals surface area contributed by atoms with Gasteiger partial charge < -0.3 is 0 Å². The molecule has 21 heavy (non-hydrogen) atoms. The number of amidine groups is 1. The van der Waals surface area contributed by atoms with Crippen LogP contribution in [0.2, 0.25) is 0 Å². The largest absolute Gasteiger partial charge is 0.271 e. The molecule has 2 heterocycles. The zero-order valence-corrected chi connectivity index (χ0v) is 11.0. The van der Waals surface area contributed by atoms with E-state index in [0.717, 1.165) is 5.56 Å². The lowest BCUT2D eigenvalue weighted by atomic mass is 9.96. The van der Waals surface area contributed by atoms with Gasteiger partial charge >= 0.3 is 0 Å². The molecule has 5 nitrogen and oxygen atoms in total. The number of aromatic nitrogens is 1. The summed E-state index contributed by atoms with van der Waals surface area (Å²) in [5, 5.41) is 9.29. The summed E-state index contributed by atoms with van der Waals surface area (Å²) in [7, 11) is 0. The summed E-state index contributed by atoms with van der Waals surface area (Å²) >= 11 is 0. The fourth-order valence-electron chi connectivity index (χ4n) is 2.06. The van der Waals surface area contributed by atoms with E-state index in [1.165, 1.54) is 0 Å². The number of pyridine rings is 1. The minimum absolute atomic E-state index is 0.158. The molecule has 1 unspecified atom stereocenters. The van der Waals surface area contributed by atoms with Gasteiger partial charge in [0.2, 0.25) is 0 Å². The van der Waals surface area contributed by atoms with Crippen molar-refractivity contribution in [3.63, 3.8) is 0 Å². The Morgan fingerprint density at radius 1 is 1.24 bits per heavy atom. The second-order valence-electron chi connectivity index (χ2n) is 4.48. The van der Waals surface area contributed by atoms with Gasteiger partial charge in [-0.25, -0.2) is 4.99 Å². The Morgan fingerprint density at radius 2 is 2.05 bits per heavy atom.